The van der Waals surface area contributed by atoms with E-state index in [1.54, 1.807) is 13.8 Å². The van der Waals surface area contributed by atoms with E-state index in [0.29, 0.717) is 12.0 Å². The summed E-state index contributed by atoms with van der Waals surface area (Å²) in [6.07, 6.45) is 1.47. The van der Waals surface area contributed by atoms with Crippen molar-refractivity contribution < 1.29 is 19.1 Å². The quantitative estimate of drug-likeness (QED) is 0.515. The third-order valence-electron chi connectivity index (χ3n) is 5.25. The van der Waals surface area contributed by atoms with Crippen LogP contribution in [0.25, 0.3) is 0 Å². The lowest BCUT2D eigenvalue weighted by Crippen LogP contribution is -2.44. The number of hydrogen-bond acceptors (Lipinski definition) is 7. The number of aromatic amines is 1. The Labute approximate surface area is 192 Å². The molecule has 10 heteroatoms. The first kappa shape index (κ1) is 25.9. The van der Waals surface area contributed by atoms with Crippen molar-refractivity contribution in [1.82, 2.24) is 9.55 Å². The highest BCUT2D eigenvalue weighted by molar-refractivity contribution is 5.99. The molecular weight excluding hydrogens is 428 g/mol. The average Bonchev–Trinajstić information content (AvgIpc) is 2.73. The van der Waals surface area contributed by atoms with Gasteiger partial charge < -0.3 is 15.2 Å². The van der Waals surface area contributed by atoms with Gasteiger partial charge >= 0.3 is 11.7 Å². The Kier molecular flexibility index (Phi) is 8.98. The Hall–Kier alpha value is -3.40. The SMILES string of the molecule is CCCCn1c(N)c(N(CCOC)C(=O)COC(=O)c2c(C)cc(C)cc2C)c(=O)[nH]c1=O. The van der Waals surface area contributed by atoms with Gasteiger partial charge in [0, 0.05) is 20.2 Å². The van der Waals surface area contributed by atoms with Crippen molar-refractivity contribution in [3.8, 4) is 0 Å². The van der Waals surface area contributed by atoms with Crippen LogP contribution in [0.15, 0.2) is 21.7 Å². The summed E-state index contributed by atoms with van der Waals surface area (Å²) in [6.45, 7) is 7.23. The molecule has 10 nitrogen and oxygen atoms in total. The van der Waals surface area contributed by atoms with Crippen LogP contribution in [0.5, 0.6) is 0 Å². The number of unbranched alkanes of at least 4 members (excludes halogenated alkanes) is 1. The monoisotopic (exact) mass is 460 g/mol. The normalized spacial score (nSPS) is 10.8. The van der Waals surface area contributed by atoms with Crippen LogP contribution in [0.1, 0.15) is 46.8 Å². The highest BCUT2D eigenvalue weighted by Gasteiger charge is 2.25. The van der Waals surface area contributed by atoms with Crippen molar-refractivity contribution in [3.05, 3.63) is 55.2 Å². The number of benzene rings is 1. The number of H-pyrrole nitrogens is 1. The van der Waals surface area contributed by atoms with Gasteiger partial charge in [0.05, 0.1) is 12.2 Å². The zero-order valence-corrected chi connectivity index (χ0v) is 19.8. The van der Waals surface area contributed by atoms with Crippen LogP contribution in [-0.4, -0.2) is 48.3 Å². The molecule has 0 saturated carbocycles. The lowest BCUT2D eigenvalue weighted by Gasteiger charge is -2.24. The first-order chi connectivity index (χ1) is 15.6. The smallest absolute Gasteiger partial charge is 0.339 e. The predicted molar refractivity (Wildman–Crippen MR) is 126 cm³/mol. The molecule has 0 unspecified atom stereocenters. The summed E-state index contributed by atoms with van der Waals surface area (Å²) in [5.74, 6) is -1.43. The van der Waals surface area contributed by atoms with Crippen molar-refractivity contribution in [3.63, 3.8) is 0 Å². The minimum absolute atomic E-state index is 0.0191. The topological polar surface area (TPSA) is 137 Å². The Bertz CT molecular complexity index is 1110. The summed E-state index contributed by atoms with van der Waals surface area (Å²) in [4.78, 5) is 53.8. The van der Waals surface area contributed by atoms with E-state index >= 15 is 0 Å². The van der Waals surface area contributed by atoms with E-state index in [4.69, 9.17) is 15.2 Å². The molecule has 3 N–H and O–H groups in total. The number of hydrogen-bond donors (Lipinski definition) is 2. The number of esters is 1. The van der Waals surface area contributed by atoms with E-state index in [-0.39, 0.29) is 31.2 Å². The van der Waals surface area contributed by atoms with E-state index in [9.17, 15) is 19.2 Å². The molecule has 0 radical (unpaired) electrons. The number of rotatable bonds is 10. The maximum absolute atomic E-state index is 13.0. The van der Waals surface area contributed by atoms with Crippen molar-refractivity contribution in [2.24, 2.45) is 0 Å². The fourth-order valence-corrected chi connectivity index (χ4v) is 3.70. The Morgan fingerprint density at radius 3 is 2.36 bits per heavy atom. The Morgan fingerprint density at radius 2 is 1.79 bits per heavy atom. The number of nitrogens with two attached hydrogens (primary N) is 1. The van der Waals surface area contributed by atoms with E-state index < -0.39 is 29.7 Å². The van der Waals surface area contributed by atoms with Crippen LogP contribution in [0.2, 0.25) is 0 Å². The molecule has 0 spiro atoms. The summed E-state index contributed by atoms with van der Waals surface area (Å²) in [6, 6.07) is 3.71. The van der Waals surface area contributed by atoms with Gasteiger partial charge in [-0.1, -0.05) is 31.0 Å². The number of methoxy groups -OCH3 is 1. The zero-order valence-electron chi connectivity index (χ0n) is 19.8. The molecule has 180 valence electrons. The molecule has 0 fully saturated rings. The highest BCUT2D eigenvalue weighted by Crippen LogP contribution is 2.19. The molecule has 33 heavy (non-hydrogen) atoms. The number of nitrogen functional groups attached to an aromatic ring is 1. The van der Waals surface area contributed by atoms with Gasteiger partial charge in [0.2, 0.25) is 0 Å². The Balaban J connectivity index is 2.34. The molecule has 1 aromatic carbocycles. The van der Waals surface area contributed by atoms with Crippen LogP contribution in [-0.2, 0) is 20.8 Å². The minimum Gasteiger partial charge on any atom is -0.452 e. The van der Waals surface area contributed by atoms with Crippen LogP contribution < -0.4 is 21.9 Å². The van der Waals surface area contributed by atoms with Gasteiger partial charge in [0.1, 0.15) is 5.82 Å². The van der Waals surface area contributed by atoms with Gasteiger partial charge in [-0.25, -0.2) is 9.59 Å². The van der Waals surface area contributed by atoms with E-state index in [1.165, 1.54) is 11.7 Å². The molecule has 1 heterocycles. The van der Waals surface area contributed by atoms with E-state index in [1.807, 2.05) is 26.0 Å². The fourth-order valence-electron chi connectivity index (χ4n) is 3.70. The second kappa shape index (κ2) is 11.5. The number of aromatic nitrogens is 2. The number of amides is 1. The number of nitrogens with one attached hydrogen (secondary N) is 1. The molecule has 0 atom stereocenters. The lowest BCUT2D eigenvalue weighted by atomic mass is 10.00. The molecule has 0 saturated heterocycles. The Morgan fingerprint density at radius 1 is 1.15 bits per heavy atom. The van der Waals surface area contributed by atoms with Gasteiger partial charge in [-0.2, -0.15) is 0 Å². The third-order valence-corrected chi connectivity index (χ3v) is 5.25. The first-order valence-corrected chi connectivity index (χ1v) is 10.8. The summed E-state index contributed by atoms with van der Waals surface area (Å²) < 4.78 is 11.6. The van der Waals surface area contributed by atoms with E-state index in [0.717, 1.165) is 28.0 Å². The minimum atomic E-state index is -0.800. The molecule has 0 aliphatic carbocycles. The molecule has 2 aromatic rings. The third kappa shape index (κ3) is 6.10. The zero-order chi connectivity index (χ0) is 24.7. The number of ether oxygens (including phenoxy) is 2. The van der Waals surface area contributed by atoms with Gasteiger partial charge in [0.15, 0.2) is 12.3 Å². The molecule has 0 aliphatic rings. The molecule has 0 bridgehead atoms. The maximum Gasteiger partial charge on any atom is 0.339 e. The van der Waals surface area contributed by atoms with Gasteiger partial charge in [-0.3, -0.25) is 24.0 Å². The number of aryl methyl sites for hydroxylation is 3. The lowest BCUT2D eigenvalue weighted by molar-refractivity contribution is -0.121. The number of nitrogens with zero attached hydrogens (tertiary/aromatic N) is 2. The largest absolute Gasteiger partial charge is 0.452 e. The van der Waals surface area contributed by atoms with Gasteiger partial charge in [0.25, 0.3) is 11.5 Å². The average molecular weight is 461 g/mol. The van der Waals surface area contributed by atoms with Crippen LogP contribution in [0.4, 0.5) is 11.5 Å². The predicted octanol–water partition coefficient (Wildman–Crippen LogP) is 1.68. The first-order valence-electron chi connectivity index (χ1n) is 10.8. The highest BCUT2D eigenvalue weighted by atomic mass is 16.5. The van der Waals surface area contributed by atoms with Crippen LogP contribution in [0, 0.1) is 20.8 Å². The summed E-state index contributed by atoms with van der Waals surface area (Å²) in [5.41, 5.74) is 7.40. The van der Waals surface area contributed by atoms with Crippen molar-refractivity contribution >= 4 is 23.4 Å². The summed E-state index contributed by atoms with van der Waals surface area (Å²) in [5, 5.41) is 0. The molecule has 1 aromatic heterocycles. The van der Waals surface area contributed by atoms with Crippen LogP contribution in [0.3, 0.4) is 0 Å². The molecule has 2 rings (SSSR count). The second-order valence-electron chi connectivity index (χ2n) is 7.89. The van der Waals surface area contributed by atoms with Crippen molar-refractivity contribution in [1.29, 1.82) is 0 Å². The molecule has 1 amide bonds. The van der Waals surface area contributed by atoms with Crippen molar-refractivity contribution in [2.45, 2.75) is 47.1 Å². The van der Waals surface area contributed by atoms with Crippen molar-refractivity contribution in [2.75, 3.05) is 37.5 Å². The molecule has 0 aliphatic heterocycles. The maximum atomic E-state index is 13.0. The van der Waals surface area contributed by atoms with E-state index in [2.05, 4.69) is 4.98 Å². The number of anilines is 2. The second-order valence-corrected chi connectivity index (χ2v) is 7.89. The van der Waals surface area contributed by atoms with Gasteiger partial charge in [-0.05, 0) is 38.3 Å². The number of carbonyl (C=O) groups is 2. The van der Waals surface area contributed by atoms with Gasteiger partial charge in [-0.15, -0.1) is 0 Å². The summed E-state index contributed by atoms with van der Waals surface area (Å²) >= 11 is 0. The fraction of sp³-hybridized carbons (Fsp3) is 0.478. The molecular formula is C23H32N4O6. The summed E-state index contributed by atoms with van der Waals surface area (Å²) in [7, 11) is 1.45. The standard InChI is InChI=1S/C23H32N4O6/c1-6-7-8-27-20(24)19(21(29)25-23(27)31)26(9-10-32-5)17(28)13-33-22(30)18-15(3)11-14(2)12-16(18)4/h11-12H,6-10,13,24H2,1-5H3,(H,25,29,31). The van der Waals surface area contributed by atoms with Crippen LogP contribution >= 0.6 is 0 Å². The number of carbonyl (C=O) groups excluding carboxylic acids is 2.